The lowest BCUT2D eigenvalue weighted by molar-refractivity contribution is 0.148. The minimum atomic E-state index is 0.276. The second kappa shape index (κ2) is 10.9. The second-order valence-electron chi connectivity index (χ2n) is 11.3. The number of piperazine rings is 1. The van der Waals surface area contributed by atoms with Crippen molar-refractivity contribution in [1.29, 1.82) is 0 Å². The molecule has 1 aliphatic heterocycles. The zero-order valence-corrected chi connectivity index (χ0v) is 23.0. The lowest BCUT2D eigenvalue weighted by Gasteiger charge is -2.41. The van der Waals surface area contributed by atoms with E-state index < -0.39 is 0 Å². The predicted octanol–water partition coefficient (Wildman–Crippen LogP) is 4.99. The number of fused-ring (bicyclic) bond motifs is 3. The molecule has 2 aromatic heterocycles. The smallest absolute Gasteiger partial charge is 0.248 e. The molecule has 206 valence electrons. The van der Waals surface area contributed by atoms with E-state index in [9.17, 15) is 0 Å². The zero-order valence-electron chi connectivity index (χ0n) is 23.0. The van der Waals surface area contributed by atoms with Crippen LogP contribution in [0.15, 0.2) is 54.6 Å². The molecule has 40 heavy (non-hydrogen) atoms. The molecule has 9 heteroatoms. The van der Waals surface area contributed by atoms with Crippen LogP contribution in [0.4, 0.5) is 23.3 Å². The fraction of sp³-hybridized carbons (Fsp3) is 0.419. The average molecular weight is 536 g/mol. The van der Waals surface area contributed by atoms with Crippen molar-refractivity contribution in [2.45, 2.75) is 57.4 Å². The summed E-state index contributed by atoms with van der Waals surface area (Å²) < 4.78 is 1.56. The number of nitrogen functional groups attached to an aromatic ring is 1. The Bertz CT molecular complexity index is 1460. The van der Waals surface area contributed by atoms with Crippen molar-refractivity contribution in [3.63, 3.8) is 0 Å². The molecule has 2 aliphatic carbocycles. The number of rotatable bonds is 5. The molecule has 3 N–H and O–H groups in total. The van der Waals surface area contributed by atoms with Crippen LogP contribution in [0.5, 0.6) is 0 Å². The highest BCUT2D eigenvalue weighted by atomic mass is 15.4. The third-order valence-electron chi connectivity index (χ3n) is 8.77. The normalized spacial score (nSPS) is 18.1. The fourth-order valence-corrected chi connectivity index (χ4v) is 6.60. The molecule has 0 radical (unpaired) electrons. The van der Waals surface area contributed by atoms with Gasteiger partial charge in [-0.3, -0.25) is 4.90 Å². The molecule has 9 nitrogen and oxygen atoms in total. The molecule has 0 bridgehead atoms. The van der Waals surface area contributed by atoms with Crippen LogP contribution in [0.1, 0.15) is 49.7 Å². The summed E-state index contributed by atoms with van der Waals surface area (Å²) in [4.78, 5) is 9.65. The number of hydrogen-bond acceptors (Lipinski definition) is 8. The summed E-state index contributed by atoms with van der Waals surface area (Å²) in [7, 11) is 0. The van der Waals surface area contributed by atoms with Gasteiger partial charge in [-0.05, 0) is 73.6 Å². The summed E-state index contributed by atoms with van der Waals surface area (Å²) in [6, 6.07) is 19.8. The standard InChI is InChI=1S/C31H37N9/c32-30-34-31(37-40(30)28-21-23-9-6-8-22-7-4-5-12-27(22)29(23)36-35-28)33-24-13-15-26(16-14-24)39-19-17-38(18-20-39)25-10-2-1-3-11-25/h4-5,7,12-16,21,25H,1-3,6,8-11,17-20H2,(H3,32,33,34,37). The summed E-state index contributed by atoms with van der Waals surface area (Å²) in [5.74, 6) is 1.30. The number of benzene rings is 2. The van der Waals surface area contributed by atoms with Crippen molar-refractivity contribution in [3.05, 3.63) is 65.7 Å². The van der Waals surface area contributed by atoms with Crippen LogP contribution < -0.4 is 16.0 Å². The Hall–Kier alpha value is -3.98. The third-order valence-corrected chi connectivity index (χ3v) is 8.77. The van der Waals surface area contributed by atoms with Crippen molar-refractivity contribution in [2.75, 3.05) is 42.1 Å². The molecule has 0 unspecified atom stereocenters. The Morgan fingerprint density at radius 1 is 0.800 bits per heavy atom. The number of nitrogens with zero attached hydrogens (tertiary/aromatic N) is 7. The zero-order chi connectivity index (χ0) is 26.9. The van der Waals surface area contributed by atoms with Crippen molar-refractivity contribution in [1.82, 2.24) is 29.9 Å². The van der Waals surface area contributed by atoms with Gasteiger partial charge in [0.05, 0.1) is 5.69 Å². The average Bonchev–Trinajstić information content (AvgIpc) is 3.27. The maximum atomic E-state index is 6.27. The van der Waals surface area contributed by atoms with Gasteiger partial charge in [-0.1, -0.05) is 43.5 Å². The van der Waals surface area contributed by atoms with Gasteiger partial charge < -0.3 is 16.0 Å². The molecule has 4 aromatic rings. The van der Waals surface area contributed by atoms with Crippen LogP contribution in [0.3, 0.4) is 0 Å². The molecule has 2 fully saturated rings. The molecule has 2 aromatic carbocycles. The van der Waals surface area contributed by atoms with Gasteiger partial charge >= 0.3 is 0 Å². The number of aromatic nitrogens is 5. The molecule has 0 spiro atoms. The van der Waals surface area contributed by atoms with Crippen LogP contribution in [-0.4, -0.2) is 62.1 Å². The topological polar surface area (TPSA) is 101 Å². The third kappa shape index (κ3) is 5.01. The van der Waals surface area contributed by atoms with E-state index in [4.69, 9.17) is 5.73 Å². The maximum Gasteiger partial charge on any atom is 0.248 e. The predicted molar refractivity (Wildman–Crippen MR) is 159 cm³/mol. The minimum Gasteiger partial charge on any atom is -0.369 e. The van der Waals surface area contributed by atoms with Crippen molar-refractivity contribution >= 4 is 23.3 Å². The van der Waals surface area contributed by atoms with Gasteiger partial charge in [-0.15, -0.1) is 15.3 Å². The Labute approximate surface area is 235 Å². The van der Waals surface area contributed by atoms with Gasteiger partial charge in [0.1, 0.15) is 0 Å². The van der Waals surface area contributed by atoms with Crippen LogP contribution in [0.25, 0.3) is 17.1 Å². The number of nitrogens with one attached hydrogen (secondary N) is 1. The van der Waals surface area contributed by atoms with E-state index >= 15 is 0 Å². The van der Waals surface area contributed by atoms with Crippen LogP contribution >= 0.6 is 0 Å². The highest BCUT2D eigenvalue weighted by Gasteiger charge is 2.25. The quantitative estimate of drug-likeness (QED) is 0.369. The first kappa shape index (κ1) is 25.0. The Morgan fingerprint density at radius 2 is 1.57 bits per heavy atom. The monoisotopic (exact) mass is 535 g/mol. The molecule has 3 heterocycles. The highest BCUT2D eigenvalue weighted by Crippen LogP contribution is 2.31. The van der Waals surface area contributed by atoms with Crippen molar-refractivity contribution in [3.8, 4) is 17.1 Å². The SMILES string of the molecule is Nc1nc(Nc2ccc(N3CCN(C4CCCCC4)CC3)cc2)nn1-c1cc2c(nn1)-c1ccccc1CCC2. The van der Waals surface area contributed by atoms with Gasteiger partial charge in [0, 0.05) is 49.2 Å². The van der Waals surface area contributed by atoms with E-state index in [1.165, 1.54) is 43.4 Å². The molecule has 1 saturated carbocycles. The first-order valence-corrected chi connectivity index (χ1v) is 14.8. The van der Waals surface area contributed by atoms with Gasteiger partial charge in [0.15, 0.2) is 5.82 Å². The largest absolute Gasteiger partial charge is 0.369 e. The molecular weight excluding hydrogens is 498 g/mol. The van der Waals surface area contributed by atoms with E-state index in [1.807, 2.05) is 6.07 Å². The van der Waals surface area contributed by atoms with E-state index in [1.54, 1.807) is 4.68 Å². The van der Waals surface area contributed by atoms with Crippen LogP contribution in [-0.2, 0) is 12.8 Å². The Kier molecular flexibility index (Phi) is 6.81. The molecular formula is C31H37N9. The van der Waals surface area contributed by atoms with Gasteiger partial charge in [0.25, 0.3) is 0 Å². The van der Waals surface area contributed by atoms with Gasteiger partial charge in [-0.25, -0.2) is 0 Å². The molecule has 3 aliphatic rings. The summed E-state index contributed by atoms with van der Waals surface area (Å²) in [6.45, 7) is 4.48. The lowest BCUT2D eigenvalue weighted by atomic mass is 9.94. The number of aryl methyl sites for hydroxylation is 2. The fourth-order valence-electron chi connectivity index (χ4n) is 6.60. The summed E-state index contributed by atoms with van der Waals surface area (Å²) in [6.07, 6.45) is 10.0. The van der Waals surface area contributed by atoms with E-state index in [2.05, 4.69) is 83.9 Å². The maximum absolute atomic E-state index is 6.27. The minimum absolute atomic E-state index is 0.276. The summed E-state index contributed by atoms with van der Waals surface area (Å²) in [5, 5.41) is 17.0. The first-order chi connectivity index (χ1) is 19.7. The number of hydrogen-bond donors (Lipinski definition) is 2. The lowest BCUT2D eigenvalue weighted by Crippen LogP contribution is -2.50. The van der Waals surface area contributed by atoms with Gasteiger partial charge in [-0.2, -0.15) is 9.67 Å². The molecule has 0 amide bonds. The number of nitrogens with two attached hydrogens (primary N) is 1. The number of anilines is 4. The van der Waals surface area contributed by atoms with Crippen molar-refractivity contribution < 1.29 is 0 Å². The summed E-state index contributed by atoms with van der Waals surface area (Å²) in [5.41, 5.74) is 13.0. The second-order valence-corrected chi connectivity index (χ2v) is 11.3. The van der Waals surface area contributed by atoms with Gasteiger partial charge in [0.2, 0.25) is 11.9 Å². The molecule has 7 rings (SSSR count). The molecule has 1 saturated heterocycles. The van der Waals surface area contributed by atoms with Crippen LogP contribution in [0.2, 0.25) is 0 Å². The summed E-state index contributed by atoms with van der Waals surface area (Å²) >= 11 is 0. The van der Waals surface area contributed by atoms with Crippen molar-refractivity contribution in [2.24, 2.45) is 0 Å². The highest BCUT2D eigenvalue weighted by molar-refractivity contribution is 5.68. The van der Waals surface area contributed by atoms with E-state index in [0.29, 0.717) is 11.8 Å². The first-order valence-electron chi connectivity index (χ1n) is 14.8. The van der Waals surface area contributed by atoms with Crippen LogP contribution in [0, 0.1) is 0 Å². The van der Waals surface area contributed by atoms with E-state index in [0.717, 1.165) is 74.0 Å². The Morgan fingerprint density at radius 3 is 2.40 bits per heavy atom. The van der Waals surface area contributed by atoms with E-state index in [-0.39, 0.29) is 5.95 Å². The molecule has 0 atom stereocenters. The Balaban J connectivity index is 1.02.